The molecule has 2 aromatic rings. The van der Waals surface area contributed by atoms with Crippen molar-refractivity contribution in [2.45, 2.75) is 38.1 Å². The zero-order valence-electron chi connectivity index (χ0n) is 11.9. The van der Waals surface area contributed by atoms with Crippen molar-refractivity contribution in [3.8, 4) is 0 Å². The minimum absolute atomic E-state index is 0.458. The molecule has 2 nitrogen and oxygen atoms in total. The van der Waals surface area contributed by atoms with Crippen LogP contribution in [0.3, 0.4) is 0 Å². The molecule has 2 heterocycles. The van der Waals surface area contributed by atoms with E-state index >= 15 is 0 Å². The summed E-state index contributed by atoms with van der Waals surface area (Å²) in [6, 6.07) is 11.3. The first-order chi connectivity index (χ1) is 9.93. The summed E-state index contributed by atoms with van der Waals surface area (Å²) in [5, 5.41) is 6.41. The lowest BCUT2D eigenvalue weighted by Crippen LogP contribution is -2.41. The van der Waals surface area contributed by atoms with Crippen LogP contribution in [0.15, 0.2) is 36.5 Å². The third-order valence-corrected chi connectivity index (χ3v) is 5.27. The molecule has 1 aliphatic carbocycles. The van der Waals surface area contributed by atoms with Gasteiger partial charge in [-0.2, -0.15) is 0 Å². The smallest absolute Gasteiger partial charge is 0.0654 e. The molecule has 0 amide bonds. The van der Waals surface area contributed by atoms with Gasteiger partial charge in [0, 0.05) is 11.6 Å². The molecule has 20 heavy (non-hydrogen) atoms. The summed E-state index contributed by atoms with van der Waals surface area (Å²) >= 11 is 0. The standard InChI is InChI=1S/C18H22N2/c1-3-7-15-13(5-1)9-11-19-17(15)18-16-8-4-2-6-14(16)10-12-20-18/h1,3,5,7,9,11,14,16,18,20H,2,4,6,8,10,12H2. The Hall–Kier alpha value is -1.41. The number of nitrogens with zero attached hydrogens (tertiary/aromatic N) is 1. The van der Waals surface area contributed by atoms with Gasteiger partial charge >= 0.3 is 0 Å². The lowest BCUT2D eigenvalue weighted by Gasteiger charge is -2.42. The zero-order valence-corrected chi connectivity index (χ0v) is 11.9. The summed E-state index contributed by atoms with van der Waals surface area (Å²) in [5.41, 5.74) is 1.28. The van der Waals surface area contributed by atoms with Gasteiger partial charge in [0.25, 0.3) is 0 Å². The second kappa shape index (κ2) is 5.17. The van der Waals surface area contributed by atoms with Crippen molar-refractivity contribution in [1.82, 2.24) is 10.3 Å². The molecular weight excluding hydrogens is 244 g/mol. The molecule has 0 spiro atoms. The lowest BCUT2D eigenvalue weighted by atomic mass is 9.70. The fourth-order valence-electron chi connectivity index (χ4n) is 4.30. The van der Waals surface area contributed by atoms with Gasteiger partial charge in [-0.05, 0) is 42.7 Å². The van der Waals surface area contributed by atoms with Gasteiger partial charge < -0.3 is 5.32 Å². The van der Waals surface area contributed by atoms with Crippen LogP contribution in [-0.4, -0.2) is 11.5 Å². The maximum atomic E-state index is 4.76. The van der Waals surface area contributed by atoms with Crippen molar-refractivity contribution >= 4 is 10.8 Å². The van der Waals surface area contributed by atoms with Gasteiger partial charge in [0.15, 0.2) is 0 Å². The van der Waals surface area contributed by atoms with E-state index < -0.39 is 0 Å². The highest BCUT2D eigenvalue weighted by atomic mass is 15.0. The quantitative estimate of drug-likeness (QED) is 0.841. The summed E-state index contributed by atoms with van der Waals surface area (Å²) < 4.78 is 0. The Morgan fingerprint density at radius 1 is 1.00 bits per heavy atom. The minimum Gasteiger partial charge on any atom is -0.308 e. The SMILES string of the molecule is c1ccc2c(C3NCCC4CCCCC43)nccc2c1. The average Bonchev–Trinajstić information content (AvgIpc) is 2.54. The van der Waals surface area contributed by atoms with Crippen LogP contribution in [0.1, 0.15) is 43.8 Å². The van der Waals surface area contributed by atoms with E-state index in [1.807, 2.05) is 6.20 Å². The summed E-state index contributed by atoms with van der Waals surface area (Å²) in [6.45, 7) is 1.15. The molecule has 1 aromatic heterocycles. The number of fused-ring (bicyclic) bond motifs is 2. The van der Waals surface area contributed by atoms with E-state index in [1.54, 1.807) is 0 Å². The highest BCUT2D eigenvalue weighted by Gasteiger charge is 2.36. The second-order valence-electron chi connectivity index (χ2n) is 6.35. The van der Waals surface area contributed by atoms with Gasteiger partial charge in [0.2, 0.25) is 0 Å². The van der Waals surface area contributed by atoms with Crippen LogP contribution in [0.25, 0.3) is 10.8 Å². The van der Waals surface area contributed by atoms with E-state index in [2.05, 4.69) is 35.6 Å². The second-order valence-corrected chi connectivity index (χ2v) is 6.35. The van der Waals surface area contributed by atoms with Crippen molar-refractivity contribution in [1.29, 1.82) is 0 Å². The maximum Gasteiger partial charge on any atom is 0.0654 e. The molecule has 2 heteroatoms. The fraction of sp³-hybridized carbons (Fsp3) is 0.500. The van der Waals surface area contributed by atoms with Crippen LogP contribution in [0.2, 0.25) is 0 Å². The van der Waals surface area contributed by atoms with Crippen molar-refractivity contribution < 1.29 is 0 Å². The maximum absolute atomic E-state index is 4.76. The van der Waals surface area contributed by atoms with Gasteiger partial charge in [0.05, 0.1) is 11.7 Å². The van der Waals surface area contributed by atoms with E-state index in [9.17, 15) is 0 Å². The van der Waals surface area contributed by atoms with Gasteiger partial charge in [0.1, 0.15) is 0 Å². The Morgan fingerprint density at radius 3 is 2.90 bits per heavy atom. The van der Waals surface area contributed by atoms with Crippen molar-refractivity contribution in [3.05, 3.63) is 42.2 Å². The normalized spacial score (nSPS) is 30.1. The summed E-state index contributed by atoms with van der Waals surface area (Å²) in [5.74, 6) is 1.70. The van der Waals surface area contributed by atoms with Crippen LogP contribution in [0.4, 0.5) is 0 Å². The molecule has 1 aromatic carbocycles. The Kier molecular flexibility index (Phi) is 3.19. The predicted molar refractivity (Wildman–Crippen MR) is 82.6 cm³/mol. The molecule has 1 N–H and O–H groups in total. The third-order valence-electron chi connectivity index (χ3n) is 5.27. The van der Waals surface area contributed by atoms with E-state index in [4.69, 9.17) is 4.98 Å². The van der Waals surface area contributed by atoms with Crippen molar-refractivity contribution in [2.24, 2.45) is 11.8 Å². The van der Waals surface area contributed by atoms with Crippen LogP contribution < -0.4 is 5.32 Å². The Labute approximate surface area is 120 Å². The molecule has 1 aliphatic heterocycles. The van der Waals surface area contributed by atoms with Crippen molar-refractivity contribution in [3.63, 3.8) is 0 Å². The first-order valence-electron chi connectivity index (χ1n) is 8.00. The van der Waals surface area contributed by atoms with Crippen LogP contribution in [0.5, 0.6) is 0 Å². The first-order valence-corrected chi connectivity index (χ1v) is 8.00. The number of hydrogen-bond acceptors (Lipinski definition) is 2. The molecule has 4 rings (SSSR count). The predicted octanol–water partition coefficient (Wildman–Crippen LogP) is 4.08. The molecule has 0 bridgehead atoms. The molecular formula is C18H22N2. The minimum atomic E-state index is 0.458. The summed E-state index contributed by atoms with van der Waals surface area (Å²) in [4.78, 5) is 4.76. The Bertz CT molecular complexity index is 600. The van der Waals surface area contributed by atoms with Gasteiger partial charge in [-0.1, -0.05) is 43.5 Å². The number of pyridine rings is 1. The molecule has 104 valence electrons. The van der Waals surface area contributed by atoms with E-state index in [0.29, 0.717) is 6.04 Å². The van der Waals surface area contributed by atoms with Crippen LogP contribution in [0, 0.1) is 11.8 Å². The molecule has 3 atom stereocenters. The summed E-state index contributed by atoms with van der Waals surface area (Å²) in [6.07, 6.45) is 8.94. The zero-order chi connectivity index (χ0) is 13.4. The van der Waals surface area contributed by atoms with Crippen LogP contribution in [-0.2, 0) is 0 Å². The fourth-order valence-corrected chi connectivity index (χ4v) is 4.30. The number of piperidine rings is 1. The molecule has 0 radical (unpaired) electrons. The van der Waals surface area contributed by atoms with E-state index in [-0.39, 0.29) is 0 Å². The van der Waals surface area contributed by atoms with E-state index in [1.165, 1.54) is 48.6 Å². The molecule has 1 saturated heterocycles. The number of aromatic nitrogens is 1. The van der Waals surface area contributed by atoms with Crippen molar-refractivity contribution in [2.75, 3.05) is 6.54 Å². The summed E-state index contributed by atoms with van der Waals surface area (Å²) in [7, 11) is 0. The number of hydrogen-bond donors (Lipinski definition) is 1. The molecule has 2 aliphatic rings. The highest BCUT2D eigenvalue weighted by Crippen LogP contribution is 2.43. The monoisotopic (exact) mass is 266 g/mol. The van der Waals surface area contributed by atoms with Crippen LogP contribution >= 0.6 is 0 Å². The Morgan fingerprint density at radius 2 is 1.90 bits per heavy atom. The number of benzene rings is 1. The first kappa shape index (κ1) is 12.3. The van der Waals surface area contributed by atoms with Gasteiger partial charge in [-0.15, -0.1) is 0 Å². The lowest BCUT2D eigenvalue weighted by molar-refractivity contribution is 0.133. The molecule has 2 fully saturated rings. The molecule has 1 saturated carbocycles. The average molecular weight is 266 g/mol. The third kappa shape index (κ3) is 2.03. The van der Waals surface area contributed by atoms with E-state index in [0.717, 1.165) is 18.4 Å². The Balaban J connectivity index is 1.77. The largest absolute Gasteiger partial charge is 0.308 e. The topological polar surface area (TPSA) is 24.9 Å². The van der Waals surface area contributed by atoms with Gasteiger partial charge in [-0.25, -0.2) is 0 Å². The number of nitrogens with one attached hydrogen (secondary N) is 1. The van der Waals surface area contributed by atoms with Gasteiger partial charge in [-0.3, -0.25) is 4.98 Å². The molecule has 3 unspecified atom stereocenters. The number of rotatable bonds is 1. The highest BCUT2D eigenvalue weighted by molar-refractivity contribution is 5.84.